The van der Waals surface area contributed by atoms with Crippen LogP contribution < -0.4 is 10.6 Å². The lowest BCUT2D eigenvalue weighted by Crippen LogP contribution is -2.33. The third-order valence-electron chi connectivity index (χ3n) is 6.90. The molecule has 7 nitrogen and oxygen atoms in total. The average Bonchev–Trinajstić information content (AvgIpc) is 3.58. The lowest BCUT2D eigenvalue weighted by atomic mass is 9.96. The zero-order valence-corrected chi connectivity index (χ0v) is 22.1. The van der Waals surface area contributed by atoms with Crippen molar-refractivity contribution in [1.29, 1.82) is 0 Å². The van der Waals surface area contributed by atoms with E-state index in [9.17, 15) is 4.79 Å². The summed E-state index contributed by atoms with van der Waals surface area (Å²) in [5.41, 5.74) is 6.25. The smallest absolute Gasteiger partial charge is 0.226 e. The number of hydrogen-bond acceptors (Lipinski definition) is 4. The Balaban J connectivity index is 1.42. The van der Waals surface area contributed by atoms with Crippen LogP contribution in [0.3, 0.4) is 0 Å². The van der Waals surface area contributed by atoms with Crippen LogP contribution in [0.2, 0.25) is 0 Å². The lowest BCUT2D eigenvalue weighted by Gasteiger charge is -2.28. The van der Waals surface area contributed by atoms with E-state index < -0.39 is 0 Å². The van der Waals surface area contributed by atoms with E-state index in [4.69, 9.17) is 16.6 Å². The molecule has 2 atom stereocenters. The van der Waals surface area contributed by atoms with E-state index in [0.29, 0.717) is 24.6 Å². The van der Waals surface area contributed by atoms with Crippen molar-refractivity contribution in [2.75, 3.05) is 11.9 Å². The molecule has 1 saturated heterocycles. The van der Waals surface area contributed by atoms with E-state index in [0.717, 1.165) is 39.7 Å². The molecule has 0 aliphatic carbocycles. The largest absolute Gasteiger partial charge is 0.467 e. The van der Waals surface area contributed by atoms with Gasteiger partial charge in [0.1, 0.15) is 5.76 Å². The highest BCUT2D eigenvalue weighted by Crippen LogP contribution is 2.41. The molecule has 5 rings (SSSR count). The summed E-state index contributed by atoms with van der Waals surface area (Å²) in [6, 6.07) is 19.6. The second-order valence-electron chi connectivity index (χ2n) is 9.48. The maximum absolute atomic E-state index is 12.9. The number of furan rings is 1. The molecule has 0 bridgehead atoms. The van der Waals surface area contributed by atoms with Gasteiger partial charge in [-0.1, -0.05) is 18.2 Å². The number of amides is 1. The van der Waals surface area contributed by atoms with Crippen LogP contribution in [-0.4, -0.2) is 32.0 Å². The zero-order chi connectivity index (χ0) is 25.9. The summed E-state index contributed by atoms with van der Waals surface area (Å²) < 4.78 is 7.87. The third kappa shape index (κ3) is 5.29. The molecule has 2 N–H and O–H groups in total. The van der Waals surface area contributed by atoms with Crippen LogP contribution in [0.15, 0.2) is 77.5 Å². The van der Waals surface area contributed by atoms with Crippen molar-refractivity contribution in [2.45, 2.75) is 45.8 Å². The molecule has 1 aliphatic rings. The molecular formula is C29H31N5O2S. The Hall–Kier alpha value is -3.91. The highest BCUT2D eigenvalue weighted by atomic mass is 32.1. The molecule has 0 saturated carbocycles. The SMILES string of the molecule is Cc1cccc(NC(=O)CCN2C(=S)N[C@H](c3ccccn3)[C@H]2c2cc(C)n(Cc3ccco3)c2C)c1. The topological polar surface area (TPSA) is 75.3 Å². The standard InChI is InChI=1S/C29H31N5O2S/c1-19-8-6-9-22(16-19)31-26(35)12-14-33-28(27(32-29(33)37)25-11-4-5-13-30-25)24-17-20(2)34(21(24)3)18-23-10-7-15-36-23/h4-11,13,15-17,27-28H,12,14,18H2,1-3H3,(H,31,35)(H,32,37)/t27-,28-/m1/s1. The molecule has 190 valence electrons. The van der Waals surface area contributed by atoms with Gasteiger partial charge >= 0.3 is 0 Å². The molecule has 4 aromatic rings. The van der Waals surface area contributed by atoms with E-state index in [2.05, 4.69) is 45.0 Å². The number of carbonyl (C=O) groups is 1. The normalized spacial score (nSPS) is 17.2. The van der Waals surface area contributed by atoms with E-state index in [-0.39, 0.29) is 18.0 Å². The first-order valence-electron chi connectivity index (χ1n) is 12.4. The van der Waals surface area contributed by atoms with Crippen LogP contribution in [0.25, 0.3) is 0 Å². The molecule has 37 heavy (non-hydrogen) atoms. The first-order chi connectivity index (χ1) is 17.9. The van der Waals surface area contributed by atoms with Crippen LogP contribution in [-0.2, 0) is 11.3 Å². The summed E-state index contributed by atoms with van der Waals surface area (Å²) in [7, 11) is 0. The van der Waals surface area contributed by atoms with E-state index in [1.165, 1.54) is 0 Å². The minimum atomic E-state index is -0.133. The number of rotatable bonds is 8. The number of aromatic nitrogens is 2. The molecule has 8 heteroatoms. The first-order valence-corrected chi connectivity index (χ1v) is 12.8. The van der Waals surface area contributed by atoms with Gasteiger partial charge in [0.15, 0.2) is 5.11 Å². The van der Waals surface area contributed by atoms with Crippen molar-refractivity contribution in [3.05, 3.63) is 107 Å². The molecular weight excluding hydrogens is 482 g/mol. The summed E-state index contributed by atoms with van der Waals surface area (Å²) in [6.07, 6.45) is 3.81. The Morgan fingerprint density at radius 3 is 2.70 bits per heavy atom. The fourth-order valence-electron chi connectivity index (χ4n) is 5.08. The van der Waals surface area contributed by atoms with Crippen molar-refractivity contribution < 1.29 is 9.21 Å². The summed E-state index contributed by atoms with van der Waals surface area (Å²) in [6.45, 7) is 7.39. The van der Waals surface area contributed by atoms with Crippen molar-refractivity contribution in [2.24, 2.45) is 0 Å². The van der Waals surface area contributed by atoms with Crippen molar-refractivity contribution in [3.63, 3.8) is 0 Å². The van der Waals surface area contributed by atoms with Crippen molar-refractivity contribution in [1.82, 2.24) is 19.8 Å². The van der Waals surface area contributed by atoms with Gasteiger partial charge in [-0.15, -0.1) is 0 Å². The Labute approximate surface area is 222 Å². The number of aryl methyl sites for hydroxylation is 2. The molecule has 3 aromatic heterocycles. The van der Waals surface area contributed by atoms with Crippen LogP contribution in [0, 0.1) is 20.8 Å². The highest BCUT2D eigenvalue weighted by molar-refractivity contribution is 7.80. The monoisotopic (exact) mass is 513 g/mol. The van der Waals surface area contributed by atoms with Crippen LogP contribution >= 0.6 is 12.2 Å². The summed E-state index contributed by atoms with van der Waals surface area (Å²) >= 11 is 5.80. The van der Waals surface area contributed by atoms with Crippen LogP contribution in [0.5, 0.6) is 0 Å². The second-order valence-corrected chi connectivity index (χ2v) is 9.87. The van der Waals surface area contributed by atoms with Gasteiger partial charge in [-0.3, -0.25) is 9.78 Å². The maximum Gasteiger partial charge on any atom is 0.226 e. The van der Waals surface area contributed by atoms with Crippen LogP contribution in [0.4, 0.5) is 5.69 Å². The second kappa shape index (κ2) is 10.6. The fraction of sp³-hybridized carbons (Fsp3) is 0.276. The van der Waals surface area contributed by atoms with Gasteiger partial charge in [0, 0.05) is 36.2 Å². The Bertz CT molecular complexity index is 1400. The molecule has 4 heterocycles. The first kappa shape index (κ1) is 24.8. The fourth-order valence-corrected chi connectivity index (χ4v) is 5.41. The summed E-state index contributed by atoms with van der Waals surface area (Å²) in [5.74, 6) is 0.857. The van der Waals surface area contributed by atoms with Gasteiger partial charge in [-0.25, -0.2) is 0 Å². The van der Waals surface area contributed by atoms with Gasteiger partial charge in [0.05, 0.1) is 30.6 Å². The number of anilines is 1. The quantitative estimate of drug-likeness (QED) is 0.305. The predicted octanol–water partition coefficient (Wildman–Crippen LogP) is 5.45. The van der Waals surface area contributed by atoms with Gasteiger partial charge in [0.2, 0.25) is 5.91 Å². The van der Waals surface area contributed by atoms with E-state index in [1.54, 1.807) is 12.5 Å². The molecule has 1 aromatic carbocycles. The molecule has 1 aliphatic heterocycles. The lowest BCUT2D eigenvalue weighted by molar-refractivity contribution is -0.116. The average molecular weight is 514 g/mol. The van der Waals surface area contributed by atoms with Crippen LogP contribution in [0.1, 0.15) is 52.5 Å². The number of benzene rings is 1. The third-order valence-corrected chi connectivity index (χ3v) is 7.26. The van der Waals surface area contributed by atoms with Gasteiger partial charge in [0.25, 0.3) is 0 Å². The van der Waals surface area contributed by atoms with E-state index in [1.807, 2.05) is 61.5 Å². The number of hydrogen-bond donors (Lipinski definition) is 2. The van der Waals surface area contributed by atoms with E-state index >= 15 is 0 Å². The Morgan fingerprint density at radius 1 is 1.11 bits per heavy atom. The molecule has 0 spiro atoms. The van der Waals surface area contributed by atoms with Gasteiger partial charge in [-0.05, 0) is 86.6 Å². The Kier molecular flexibility index (Phi) is 7.10. The van der Waals surface area contributed by atoms with Gasteiger partial charge in [-0.2, -0.15) is 0 Å². The number of pyridine rings is 1. The minimum Gasteiger partial charge on any atom is -0.467 e. The Morgan fingerprint density at radius 2 is 1.97 bits per heavy atom. The molecule has 1 fully saturated rings. The van der Waals surface area contributed by atoms with Crippen molar-refractivity contribution >= 4 is 28.9 Å². The molecule has 0 unspecified atom stereocenters. The highest BCUT2D eigenvalue weighted by Gasteiger charge is 2.41. The minimum absolute atomic E-state index is 0.0447. The van der Waals surface area contributed by atoms with Gasteiger partial charge < -0.3 is 24.5 Å². The molecule has 0 radical (unpaired) electrons. The zero-order valence-electron chi connectivity index (χ0n) is 21.3. The maximum atomic E-state index is 12.9. The number of nitrogens with zero attached hydrogens (tertiary/aromatic N) is 3. The van der Waals surface area contributed by atoms with Crippen molar-refractivity contribution in [3.8, 4) is 0 Å². The number of thiocarbonyl (C=S) groups is 1. The number of nitrogens with one attached hydrogen (secondary N) is 2. The molecule has 1 amide bonds. The summed E-state index contributed by atoms with van der Waals surface area (Å²) in [4.78, 5) is 19.6. The summed E-state index contributed by atoms with van der Waals surface area (Å²) in [5, 5.41) is 7.12. The number of carbonyl (C=O) groups excluding carboxylic acids is 1. The predicted molar refractivity (Wildman–Crippen MR) is 148 cm³/mol.